The quantitative estimate of drug-likeness (QED) is 0.697. The molecular formula is C16H32N2. The fourth-order valence-electron chi connectivity index (χ4n) is 4.02. The van der Waals surface area contributed by atoms with E-state index in [2.05, 4.69) is 24.1 Å². The molecule has 2 heterocycles. The summed E-state index contributed by atoms with van der Waals surface area (Å²) in [6.45, 7) is 7.05. The number of rotatable bonds is 7. The minimum Gasteiger partial charge on any atom is -0.314 e. The largest absolute Gasteiger partial charge is 0.314 e. The molecular weight excluding hydrogens is 220 g/mol. The maximum atomic E-state index is 3.68. The molecule has 0 amide bonds. The second kappa shape index (κ2) is 7.49. The Kier molecular flexibility index (Phi) is 5.97. The molecule has 0 aromatic rings. The number of fused-ring (bicyclic) bond motifs is 2. The van der Waals surface area contributed by atoms with Crippen LogP contribution in [0.1, 0.15) is 71.6 Å². The number of hydrogen-bond donors (Lipinski definition) is 1. The van der Waals surface area contributed by atoms with E-state index in [4.69, 9.17) is 0 Å². The highest BCUT2D eigenvalue weighted by Gasteiger charge is 2.37. The molecule has 2 saturated heterocycles. The summed E-state index contributed by atoms with van der Waals surface area (Å²) in [7, 11) is 0. The van der Waals surface area contributed by atoms with Crippen LogP contribution in [0.4, 0.5) is 0 Å². The lowest BCUT2D eigenvalue weighted by molar-refractivity contribution is 0.0236. The molecule has 0 saturated carbocycles. The van der Waals surface area contributed by atoms with Crippen LogP contribution in [-0.4, -0.2) is 36.1 Å². The Balaban J connectivity index is 1.80. The first-order chi connectivity index (χ1) is 8.85. The standard InChI is InChI=1S/C16H32N2/c1-3-5-6-7-11-18-15-9-8-10-16(18)13-14(12-15)17-4-2/h14-17H,3-13H2,1-2H3. The fraction of sp³-hybridized carbons (Fsp3) is 1.00. The molecule has 2 unspecified atom stereocenters. The van der Waals surface area contributed by atoms with Crippen LogP contribution in [0.3, 0.4) is 0 Å². The monoisotopic (exact) mass is 252 g/mol. The van der Waals surface area contributed by atoms with E-state index in [1.165, 1.54) is 64.3 Å². The molecule has 2 aliphatic rings. The van der Waals surface area contributed by atoms with E-state index in [9.17, 15) is 0 Å². The highest BCUT2D eigenvalue weighted by atomic mass is 15.2. The first-order valence-corrected chi connectivity index (χ1v) is 8.34. The van der Waals surface area contributed by atoms with Crippen molar-refractivity contribution in [3.63, 3.8) is 0 Å². The molecule has 2 nitrogen and oxygen atoms in total. The van der Waals surface area contributed by atoms with Crippen LogP contribution in [-0.2, 0) is 0 Å². The maximum Gasteiger partial charge on any atom is 0.0113 e. The molecule has 0 aliphatic carbocycles. The van der Waals surface area contributed by atoms with Crippen LogP contribution in [0.2, 0.25) is 0 Å². The summed E-state index contributed by atoms with van der Waals surface area (Å²) in [6, 6.07) is 2.59. The minimum absolute atomic E-state index is 0.803. The third-order valence-electron chi connectivity index (χ3n) is 4.89. The smallest absolute Gasteiger partial charge is 0.0113 e. The molecule has 2 atom stereocenters. The van der Waals surface area contributed by atoms with Crippen LogP contribution in [0, 0.1) is 0 Å². The zero-order valence-corrected chi connectivity index (χ0v) is 12.5. The first-order valence-electron chi connectivity index (χ1n) is 8.34. The molecule has 2 rings (SSSR count). The molecule has 0 aromatic carbocycles. The summed E-state index contributed by atoms with van der Waals surface area (Å²) >= 11 is 0. The SMILES string of the molecule is CCCCCCN1C2CCCC1CC(NCC)C2. The molecule has 0 radical (unpaired) electrons. The molecule has 0 spiro atoms. The van der Waals surface area contributed by atoms with Gasteiger partial charge >= 0.3 is 0 Å². The lowest BCUT2D eigenvalue weighted by Crippen LogP contribution is -2.56. The van der Waals surface area contributed by atoms with Crippen LogP contribution in [0.25, 0.3) is 0 Å². The Morgan fingerprint density at radius 1 is 1.00 bits per heavy atom. The zero-order valence-electron chi connectivity index (χ0n) is 12.5. The highest BCUT2D eigenvalue weighted by molar-refractivity contribution is 4.94. The molecule has 0 aromatic heterocycles. The van der Waals surface area contributed by atoms with E-state index in [0.717, 1.165) is 24.7 Å². The van der Waals surface area contributed by atoms with Gasteiger partial charge < -0.3 is 5.32 Å². The predicted molar refractivity (Wildman–Crippen MR) is 79.0 cm³/mol. The van der Waals surface area contributed by atoms with E-state index in [1.54, 1.807) is 0 Å². The van der Waals surface area contributed by atoms with Crippen molar-refractivity contribution >= 4 is 0 Å². The average molecular weight is 252 g/mol. The van der Waals surface area contributed by atoms with Crippen molar-refractivity contribution in [1.29, 1.82) is 0 Å². The van der Waals surface area contributed by atoms with Gasteiger partial charge in [-0.25, -0.2) is 0 Å². The third-order valence-corrected chi connectivity index (χ3v) is 4.89. The Morgan fingerprint density at radius 2 is 1.72 bits per heavy atom. The first kappa shape index (κ1) is 14.3. The topological polar surface area (TPSA) is 15.3 Å². The Hall–Kier alpha value is -0.0800. The second-order valence-electron chi connectivity index (χ2n) is 6.26. The lowest BCUT2D eigenvalue weighted by Gasteiger charge is -2.49. The van der Waals surface area contributed by atoms with Gasteiger partial charge in [-0.15, -0.1) is 0 Å². The molecule has 2 bridgehead atoms. The van der Waals surface area contributed by atoms with E-state index in [-0.39, 0.29) is 0 Å². The number of unbranched alkanes of at least 4 members (excludes halogenated alkanes) is 3. The van der Waals surface area contributed by atoms with Gasteiger partial charge in [0.15, 0.2) is 0 Å². The van der Waals surface area contributed by atoms with Crippen LogP contribution < -0.4 is 5.32 Å². The van der Waals surface area contributed by atoms with Gasteiger partial charge in [-0.2, -0.15) is 0 Å². The van der Waals surface area contributed by atoms with E-state index >= 15 is 0 Å². The molecule has 2 fully saturated rings. The maximum absolute atomic E-state index is 3.68. The van der Waals surface area contributed by atoms with Crippen LogP contribution in [0.15, 0.2) is 0 Å². The van der Waals surface area contributed by atoms with Crippen molar-refractivity contribution in [3.8, 4) is 0 Å². The van der Waals surface area contributed by atoms with Crippen molar-refractivity contribution in [2.75, 3.05) is 13.1 Å². The highest BCUT2D eigenvalue weighted by Crippen LogP contribution is 2.34. The summed E-state index contributed by atoms with van der Waals surface area (Å²) in [5, 5.41) is 3.68. The second-order valence-corrected chi connectivity index (χ2v) is 6.26. The van der Waals surface area contributed by atoms with Crippen molar-refractivity contribution in [1.82, 2.24) is 10.2 Å². The molecule has 2 heteroatoms. The van der Waals surface area contributed by atoms with Crippen molar-refractivity contribution in [2.45, 2.75) is 89.8 Å². The number of hydrogen-bond acceptors (Lipinski definition) is 2. The minimum atomic E-state index is 0.803. The predicted octanol–water partition coefficient (Wildman–Crippen LogP) is 3.56. The fourth-order valence-corrected chi connectivity index (χ4v) is 4.02. The molecule has 106 valence electrons. The van der Waals surface area contributed by atoms with Crippen LogP contribution in [0.5, 0.6) is 0 Å². The Bertz CT molecular complexity index is 215. The summed E-state index contributed by atoms with van der Waals surface area (Å²) in [6.07, 6.45) is 12.8. The average Bonchev–Trinajstić information content (AvgIpc) is 2.35. The number of nitrogens with one attached hydrogen (secondary N) is 1. The van der Waals surface area contributed by atoms with Gasteiger partial charge in [0.25, 0.3) is 0 Å². The van der Waals surface area contributed by atoms with Gasteiger partial charge in [0, 0.05) is 18.1 Å². The van der Waals surface area contributed by atoms with E-state index in [0.29, 0.717) is 0 Å². The zero-order chi connectivity index (χ0) is 12.8. The van der Waals surface area contributed by atoms with Gasteiger partial charge in [0.05, 0.1) is 0 Å². The van der Waals surface area contributed by atoms with Gasteiger partial charge in [0.1, 0.15) is 0 Å². The molecule has 2 aliphatic heterocycles. The molecule has 18 heavy (non-hydrogen) atoms. The van der Waals surface area contributed by atoms with Gasteiger partial charge in [-0.3, -0.25) is 4.90 Å². The Labute approximate surface area is 114 Å². The van der Waals surface area contributed by atoms with Gasteiger partial charge in [-0.05, 0) is 45.2 Å². The number of nitrogens with zero attached hydrogens (tertiary/aromatic N) is 1. The Morgan fingerprint density at radius 3 is 2.33 bits per heavy atom. The molecule has 1 N–H and O–H groups in total. The van der Waals surface area contributed by atoms with Crippen molar-refractivity contribution in [3.05, 3.63) is 0 Å². The van der Waals surface area contributed by atoms with E-state index in [1.807, 2.05) is 0 Å². The lowest BCUT2D eigenvalue weighted by atomic mass is 9.81. The van der Waals surface area contributed by atoms with Crippen molar-refractivity contribution in [2.24, 2.45) is 0 Å². The normalized spacial score (nSPS) is 32.7. The summed E-state index contributed by atoms with van der Waals surface area (Å²) < 4.78 is 0. The van der Waals surface area contributed by atoms with Gasteiger partial charge in [0.2, 0.25) is 0 Å². The number of piperidine rings is 2. The van der Waals surface area contributed by atoms with E-state index < -0.39 is 0 Å². The summed E-state index contributed by atoms with van der Waals surface area (Å²) in [5.74, 6) is 0. The van der Waals surface area contributed by atoms with Gasteiger partial charge in [-0.1, -0.05) is 39.5 Å². The van der Waals surface area contributed by atoms with Crippen LogP contribution >= 0.6 is 0 Å². The summed E-state index contributed by atoms with van der Waals surface area (Å²) in [4.78, 5) is 2.87. The van der Waals surface area contributed by atoms with Crippen molar-refractivity contribution < 1.29 is 0 Å². The third kappa shape index (κ3) is 3.71. The summed E-state index contributed by atoms with van der Waals surface area (Å²) in [5.41, 5.74) is 0.